The highest BCUT2D eigenvalue weighted by atomic mass is 35.5. The van der Waals surface area contributed by atoms with Crippen molar-refractivity contribution in [3.05, 3.63) is 81.8 Å². The monoisotopic (exact) mass is 468 g/mol. The normalized spacial score (nSPS) is 18.7. The molecule has 2 aromatic carbocycles. The van der Waals surface area contributed by atoms with E-state index in [4.69, 9.17) is 22.1 Å². The van der Waals surface area contributed by atoms with Gasteiger partial charge in [-0.1, -0.05) is 23.7 Å². The second-order valence-electron chi connectivity index (χ2n) is 7.67. The Morgan fingerprint density at radius 1 is 1.16 bits per heavy atom. The number of halogens is 1. The summed E-state index contributed by atoms with van der Waals surface area (Å²) in [6, 6.07) is 15.2. The van der Waals surface area contributed by atoms with Crippen LogP contribution in [0.1, 0.15) is 37.7 Å². The average molecular weight is 469 g/mol. The molecule has 0 unspecified atom stereocenters. The molecular formula is C25H25ClN2O3S. The van der Waals surface area contributed by atoms with E-state index in [0.717, 1.165) is 28.3 Å². The smallest absolute Gasteiger partial charge is 0.338 e. The Hall–Kier alpha value is -2.70. The molecule has 1 atom stereocenters. The number of nitrogens with two attached hydrogens (primary N) is 1. The summed E-state index contributed by atoms with van der Waals surface area (Å²) in [5.41, 5.74) is 10.1. The fourth-order valence-electron chi connectivity index (χ4n) is 4.41. The van der Waals surface area contributed by atoms with Crippen molar-refractivity contribution in [2.24, 2.45) is 5.73 Å². The first kappa shape index (κ1) is 22.5. The van der Waals surface area contributed by atoms with E-state index in [2.05, 4.69) is 0 Å². The molecular weight excluding hydrogens is 444 g/mol. The van der Waals surface area contributed by atoms with E-state index in [0.29, 0.717) is 29.0 Å². The number of hydrogen-bond donors (Lipinski definition) is 1. The number of ketones is 1. The molecule has 0 radical (unpaired) electrons. The first-order chi connectivity index (χ1) is 15.5. The van der Waals surface area contributed by atoms with E-state index in [1.165, 1.54) is 0 Å². The second kappa shape index (κ2) is 9.43. The van der Waals surface area contributed by atoms with Gasteiger partial charge in [0.05, 0.1) is 18.1 Å². The molecule has 0 saturated carbocycles. The molecule has 2 aromatic rings. The van der Waals surface area contributed by atoms with E-state index < -0.39 is 11.9 Å². The van der Waals surface area contributed by atoms with Crippen LogP contribution in [0.25, 0.3) is 0 Å². The molecule has 0 amide bonds. The van der Waals surface area contributed by atoms with Crippen molar-refractivity contribution in [3.63, 3.8) is 0 Å². The van der Waals surface area contributed by atoms with Crippen LogP contribution in [0.15, 0.2) is 76.1 Å². The number of rotatable bonds is 5. The van der Waals surface area contributed by atoms with Gasteiger partial charge in [-0.05, 0) is 68.0 Å². The Bertz CT molecular complexity index is 1110. The summed E-state index contributed by atoms with van der Waals surface area (Å²) in [6.07, 6.45) is 3.89. The lowest BCUT2D eigenvalue weighted by atomic mass is 9.75. The maximum Gasteiger partial charge on any atom is 0.338 e. The van der Waals surface area contributed by atoms with Crippen molar-refractivity contribution in [1.29, 1.82) is 0 Å². The Labute approximate surface area is 197 Å². The van der Waals surface area contributed by atoms with Gasteiger partial charge in [0.1, 0.15) is 5.82 Å². The van der Waals surface area contributed by atoms with Gasteiger partial charge in [0.2, 0.25) is 0 Å². The molecule has 5 nitrogen and oxygen atoms in total. The molecule has 0 saturated heterocycles. The van der Waals surface area contributed by atoms with Gasteiger partial charge >= 0.3 is 5.97 Å². The average Bonchev–Trinajstić information content (AvgIpc) is 2.79. The fraction of sp³-hybridized carbons (Fsp3) is 0.280. The van der Waals surface area contributed by atoms with Crippen molar-refractivity contribution >= 4 is 40.8 Å². The van der Waals surface area contributed by atoms with Crippen LogP contribution < -0.4 is 10.6 Å². The highest BCUT2D eigenvalue weighted by Crippen LogP contribution is 2.47. The van der Waals surface area contributed by atoms with Crippen molar-refractivity contribution < 1.29 is 14.3 Å². The van der Waals surface area contributed by atoms with Gasteiger partial charge in [0, 0.05) is 33.3 Å². The molecule has 7 heteroatoms. The molecule has 2 N–H and O–H groups in total. The van der Waals surface area contributed by atoms with E-state index in [1.807, 2.05) is 47.6 Å². The third-order valence-electron chi connectivity index (χ3n) is 5.82. The molecule has 32 heavy (non-hydrogen) atoms. The summed E-state index contributed by atoms with van der Waals surface area (Å²) in [5.74, 6) is -0.735. The van der Waals surface area contributed by atoms with Crippen molar-refractivity contribution in [1.82, 2.24) is 0 Å². The molecule has 1 heterocycles. The van der Waals surface area contributed by atoms with Gasteiger partial charge < -0.3 is 10.5 Å². The van der Waals surface area contributed by atoms with Crippen LogP contribution in [-0.4, -0.2) is 24.6 Å². The maximum absolute atomic E-state index is 13.3. The molecule has 1 aliphatic heterocycles. The number of allylic oxidation sites excluding steroid dienone is 2. The molecule has 0 bridgehead atoms. The lowest BCUT2D eigenvalue weighted by molar-refractivity contribution is -0.138. The number of carbonyl (C=O) groups is 2. The number of anilines is 1. The Kier molecular flexibility index (Phi) is 6.63. The van der Waals surface area contributed by atoms with Gasteiger partial charge in [-0.15, -0.1) is 11.8 Å². The second-order valence-corrected chi connectivity index (χ2v) is 8.99. The van der Waals surface area contributed by atoms with Crippen LogP contribution in [-0.2, 0) is 14.3 Å². The Morgan fingerprint density at radius 2 is 1.84 bits per heavy atom. The zero-order valence-corrected chi connectivity index (χ0v) is 19.6. The minimum Gasteiger partial charge on any atom is -0.463 e. The first-order valence-electron chi connectivity index (χ1n) is 10.6. The lowest BCUT2D eigenvalue weighted by Gasteiger charge is -2.40. The summed E-state index contributed by atoms with van der Waals surface area (Å²) in [4.78, 5) is 29.4. The standard InChI is InChI=1S/C25H25ClN2O3S/c1-3-31-25(30)23-21(15-7-13-18(32-2)14-8-15)22-19(5-4-6-20(22)29)28(24(23)27)17-11-9-16(26)10-12-17/h7-14,21H,3-6,27H2,1-2H3/t21-/m1/s1. The number of ether oxygens (including phenoxy) is 1. The molecule has 0 fully saturated rings. The largest absolute Gasteiger partial charge is 0.463 e. The molecule has 166 valence electrons. The number of thioether (sulfide) groups is 1. The SMILES string of the molecule is CCOC(=O)C1=C(N)N(c2ccc(Cl)cc2)C2=C(C(=O)CCC2)[C@H]1c1ccc(SC)cc1. The molecule has 0 aromatic heterocycles. The highest BCUT2D eigenvalue weighted by molar-refractivity contribution is 7.98. The first-order valence-corrected chi connectivity index (χ1v) is 12.2. The Balaban J connectivity index is 1.96. The van der Waals surface area contributed by atoms with Gasteiger partial charge in [-0.25, -0.2) is 4.79 Å². The quantitative estimate of drug-likeness (QED) is 0.467. The van der Waals surface area contributed by atoms with Crippen LogP contribution in [0.3, 0.4) is 0 Å². The topological polar surface area (TPSA) is 72.6 Å². The minimum atomic E-state index is -0.559. The zero-order valence-electron chi connectivity index (χ0n) is 18.1. The molecule has 1 aliphatic carbocycles. The van der Waals surface area contributed by atoms with E-state index in [9.17, 15) is 9.59 Å². The van der Waals surface area contributed by atoms with Gasteiger partial charge in [-0.3, -0.25) is 9.69 Å². The maximum atomic E-state index is 13.3. The number of carbonyl (C=O) groups excluding carboxylic acids is 2. The Morgan fingerprint density at radius 3 is 2.47 bits per heavy atom. The summed E-state index contributed by atoms with van der Waals surface area (Å²) in [5, 5.41) is 0.597. The third kappa shape index (κ3) is 4.05. The number of nitrogens with zero attached hydrogens (tertiary/aromatic N) is 1. The van der Waals surface area contributed by atoms with Crippen LogP contribution in [0.2, 0.25) is 5.02 Å². The fourth-order valence-corrected chi connectivity index (χ4v) is 4.94. The summed E-state index contributed by atoms with van der Waals surface area (Å²) in [6.45, 7) is 1.97. The summed E-state index contributed by atoms with van der Waals surface area (Å²) < 4.78 is 5.40. The predicted octanol–water partition coefficient (Wildman–Crippen LogP) is 5.41. The van der Waals surface area contributed by atoms with Crippen LogP contribution >= 0.6 is 23.4 Å². The van der Waals surface area contributed by atoms with E-state index in [1.54, 1.807) is 30.8 Å². The predicted molar refractivity (Wildman–Crippen MR) is 129 cm³/mol. The van der Waals surface area contributed by atoms with Gasteiger partial charge in [0.15, 0.2) is 5.78 Å². The van der Waals surface area contributed by atoms with Crippen LogP contribution in [0.5, 0.6) is 0 Å². The molecule has 2 aliphatic rings. The van der Waals surface area contributed by atoms with Crippen LogP contribution in [0, 0.1) is 0 Å². The minimum absolute atomic E-state index is 0.0402. The van der Waals surface area contributed by atoms with E-state index >= 15 is 0 Å². The molecule has 4 rings (SSSR count). The third-order valence-corrected chi connectivity index (χ3v) is 6.82. The number of hydrogen-bond acceptors (Lipinski definition) is 6. The van der Waals surface area contributed by atoms with Crippen molar-refractivity contribution in [3.8, 4) is 0 Å². The van der Waals surface area contributed by atoms with E-state index in [-0.39, 0.29) is 18.2 Å². The zero-order chi connectivity index (χ0) is 22.8. The van der Waals surface area contributed by atoms with Crippen LogP contribution in [0.4, 0.5) is 5.69 Å². The number of esters is 1. The summed E-state index contributed by atoms with van der Waals surface area (Å²) >= 11 is 7.73. The van der Waals surface area contributed by atoms with Crippen molar-refractivity contribution in [2.45, 2.75) is 37.0 Å². The lowest BCUT2D eigenvalue weighted by Crippen LogP contribution is -2.41. The van der Waals surface area contributed by atoms with Gasteiger partial charge in [0.25, 0.3) is 0 Å². The number of Topliss-reactive ketones (excluding diaryl/α,β-unsaturated/α-hetero) is 1. The highest BCUT2D eigenvalue weighted by Gasteiger charge is 2.43. The van der Waals surface area contributed by atoms with Gasteiger partial charge in [-0.2, -0.15) is 0 Å². The number of benzene rings is 2. The van der Waals surface area contributed by atoms with Crippen molar-refractivity contribution in [2.75, 3.05) is 17.8 Å². The summed E-state index contributed by atoms with van der Waals surface area (Å²) in [7, 11) is 0. The molecule has 0 spiro atoms.